The van der Waals surface area contributed by atoms with Gasteiger partial charge in [-0.3, -0.25) is 9.59 Å². The molecule has 1 aliphatic carbocycles. The van der Waals surface area contributed by atoms with Gasteiger partial charge in [-0.15, -0.1) is 0 Å². The van der Waals surface area contributed by atoms with Crippen LogP contribution in [0.25, 0.3) is 0 Å². The number of anilines is 3. The molecule has 2 amide bonds. The van der Waals surface area contributed by atoms with Gasteiger partial charge in [-0.05, 0) is 43.9 Å². The van der Waals surface area contributed by atoms with E-state index in [1.54, 1.807) is 0 Å². The van der Waals surface area contributed by atoms with E-state index < -0.39 is 21.9 Å². The third kappa shape index (κ3) is 6.78. The van der Waals surface area contributed by atoms with Crippen molar-refractivity contribution in [3.63, 3.8) is 0 Å². The van der Waals surface area contributed by atoms with E-state index in [1.807, 2.05) is 20.8 Å². The largest absolute Gasteiger partial charge is 0.382 e. The fraction of sp³-hybridized carbons (Fsp3) is 0.429. The molecule has 178 valence electrons. The summed E-state index contributed by atoms with van der Waals surface area (Å²) in [4.78, 5) is 32.9. The number of nitrogens with one attached hydrogen (secondary N) is 3. The quantitative estimate of drug-likeness (QED) is 0.375. The summed E-state index contributed by atoms with van der Waals surface area (Å²) in [6, 6.07) is 4.44. The van der Waals surface area contributed by atoms with Crippen molar-refractivity contribution in [1.82, 2.24) is 15.3 Å². The predicted molar refractivity (Wildman–Crippen MR) is 124 cm³/mol. The molecule has 12 heteroatoms. The highest BCUT2D eigenvalue weighted by atomic mass is 32.2. The molecular formula is C21H28N6O5S. The Morgan fingerprint density at radius 2 is 1.88 bits per heavy atom. The molecule has 3 rings (SSSR count). The van der Waals surface area contributed by atoms with Gasteiger partial charge in [0.2, 0.25) is 5.95 Å². The van der Waals surface area contributed by atoms with Gasteiger partial charge in [0.15, 0.2) is 5.75 Å². The summed E-state index contributed by atoms with van der Waals surface area (Å²) >= 11 is 0. The van der Waals surface area contributed by atoms with Crippen molar-refractivity contribution < 1.29 is 22.2 Å². The number of hydrogen-bond acceptors (Lipinski definition) is 9. The van der Waals surface area contributed by atoms with E-state index in [4.69, 9.17) is 9.92 Å². The number of nitrogens with two attached hydrogens (primary N) is 1. The second-order valence-corrected chi connectivity index (χ2v) is 9.94. The van der Waals surface area contributed by atoms with Crippen LogP contribution in [0, 0.1) is 5.92 Å². The molecule has 0 spiro atoms. The van der Waals surface area contributed by atoms with Crippen LogP contribution in [0.15, 0.2) is 24.4 Å². The van der Waals surface area contributed by atoms with Crippen LogP contribution < -0.4 is 25.9 Å². The van der Waals surface area contributed by atoms with Gasteiger partial charge in [0.25, 0.3) is 11.8 Å². The predicted octanol–water partition coefficient (Wildman–Crippen LogP) is 2.01. The summed E-state index contributed by atoms with van der Waals surface area (Å²) in [5.74, 6) is -0.487. The van der Waals surface area contributed by atoms with Crippen LogP contribution in [0.2, 0.25) is 0 Å². The molecule has 2 aromatic rings. The number of primary amides is 1. The van der Waals surface area contributed by atoms with Crippen LogP contribution >= 0.6 is 0 Å². The highest BCUT2D eigenvalue weighted by Crippen LogP contribution is 2.28. The molecule has 11 nitrogen and oxygen atoms in total. The van der Waals surface area contributed by atoms with Gasteiger partial charge < -0.3 is 25.9 Å². The van der Waals surface area contributed by atoms with Gasteiger partial charge in [-0.1, -0.05) is 13.8 Å². The average molecular weight is 477 g/mol. The van der Waals surface area contributed by atoms with Crippen LogP contribution in [0.5, 0.6) is 5.75 Å². The van der Waals surface area contributed by atoms with Crippen LogP contribution in [-0.4, -0.2) is 48.5 Å². The Hall–Kier alpha value is -3.41. The molecule has 0 bridgehead atoms. The van der Waals surface area contributed by atoms with Crippen molar-refractivity contribution >= 4 is 39.4 Å². The van der Waals surface area contributed by atoms with Crippen molar-refractivity contribution in [3.05, 3.63) is 35.5 Å². The van der Waals surface area contributed by atoms with Crippen molar-refractivity contribution in [1.29, 1.82) is 0 Å². The molecule has 1 atom stereocenters. The minimum absolute atomic E-state index is 0.0102. The summed E-state index contributed by atoms with van der Waals surface area (Å²) < 4.78 is 28.2. The lowest BCUT2D eigenvalue weighted by Crippen LogP contribution is -2.26. The maximum atomic E-state index is 12.7. The van der Waals surface area contributed by atoms with Crippen LogP contribution in [0.4, 0.5) is 17.5 Å². The Balaban J connectivity index is 1.91. The fourth-order valence-electron chi connectivity index (χ4n) is 2.76. The van der Waals surface area contributed by atoms with Gasteiger partial charge in [-0.25, -0.2) is 4.98 Å². The zero-order valence-electron chi connectivity index (χ0n) is 18.9. The smallest absolute Gasteiger partial charge is 0.306 e. The Labute approximate surface area is 192 Å². The first kappa shape index (κ1) is 24.2. The van der Waals surface area contributed by atoms with E-state index in [0.29, 0.717) is 5.69 Å². The lowest BCUT2D eigenvalue weighted by Gasteiger charge is -2.20. The van der Waals surface area contributed by atoms with Crippen LogP contribution in [0.3, 0.4) is 0 Å². The number of amides is 2. The molecule has 1 aromatic heterocycles. The first-order chi connectivity index (χ1) is 15.4. The van der Waals surface area contributed by atoms with Crippen molar-refractivity contribution in [3.8, 4) is 5.75 Å². The minimum atomic E-state index is -3.83. The number of benzene rings is 1. The van der Waals surface area contributed by atoms with E-state index in [0.717, 1.165) is 19.1 Å². The number of nitrogens with zero attached hydrogens (tertiary/aromatic N) is 2. The van der Waals surface area contributed by atoms with Gasteiger partial charge in [0.05, 0.1) is 17.4 Å². The van der Waals surface area contributed by atoms with E-state index in [-0.39, 0.29) is 46.6 Å². The first-order valence-corrected chi connectivity index (χ1v) is 12.3. The van der Waals surface area contributed by atoms with Gasteiger partial charge in [-0.2, -0.15) is 13.4 Å². The van der Waals surface area contributed by atoms with Gasteiger partial charge in [0.1, 0.15) is 5.82 Å². The Bertz CT molecular complexity index is 1160. The monoisotopic (exact) mass is 476 g/mol. The highest BCUT2D eigenvalue weighted by molar-refractivity contribution is 7.86. The summed E-state index contributed by atoms with van der Waals surface area (Å²) in [5, 5.41) is 8.95. The minimum Gasteiger partial charge on any atom is -0.382 e. The van der Waals surface area contributed by atoms with Crippen molar-refractivity contribution in [2.45, 2.75) is 45.7 Å². The zero-order chi connectivity index (χ0) is 24.3. The van der Waals surface area contributed by atoms with E-state index >= 15 is 0 Å². The molecule has 1 heterocycles. The van der Waals surface area contributed by atoms with E-state index in [2.05, 4.69) is 25.9 Å². The molecular weight excluding hydrogens is 448 g/mol. The summed E-state index contributed by atoms with van der Waals surface area (Å²) in [5.41, 5.74) is 6.07. The molecule has 5 N–H and O–H groups in total. The number of carbonyl (C=O) groups excluding carboxylic acids is 2. The SMILES string of the molecule is CC(C)[C@@H](C)Nc1nc(Nc2ccc(OS(C)(=O)=O)c(C(=O)NC3CC3)c2)ncc1C(N)=O. The second-order valence-electron chi connectivity index (χ2n) is 8.37. The van der Waals surface area contributed by atoms with Crippen molar-refractivity contribution in [2.24, 2.45) is 11.7 Å². The number of rotatable bonds is 10. The van der Waals surface area contributed by atoms with E-state index in [9.17, 15) is 18.0 Å². The Morgan fingerprint density at radius 3 is 2.45 bits per heavy atom. The molecule has 1 fully saturated rings. The Morgan fingerprint density at radius 1 is 1.18 bits per heavy atom. The second kappa shape index (κ2) is 9.61. The fourth-order valence-corrected chi connectivity index (χ4v) is 3.23. The zero-order valence-corrected chi connectivity index (χ0v) is 19.7. The lowest BCUT2D eigenvalue weighted by atomic mass is 10.1. The summed E-state index contributed by atoms with van der Waals surface area (Å²) in [6.07, 6.45) is 3.96. The molecule has 0 saturated heterocycles. The van der Waals surface area contributed by atoms with Gasteiger partial charge >= 0.3 is 10.1 Å². The first-order valence-electron chi connectivity index (χ1n) is 10.5. The number of aromatic nitrogens is 2. The molecule has 1 saturated carbocycles. The highest BCUT2D eigenvalue weighted by Gasteiger charge is 2.26. The molecule has 33 heavy (non-hydrogen) atoms. The molecule has 1 aromatic carbocycles. The Kier molecular flexibility index (Phi) is 7.06. The standard InChI is InChI=1S/C21H28N6O5S/c1-11(2)12(3)24-19-16(18(22)28)10-23-21(27-19)26-14-7-8-17(32-33(4,30)31)15(9-14)20(29)25-13-5-6-13/h7-13H,5-6H2,1-4H3,(H2,22,28)(H,25,29)(H2,23,24,26,27)/t12-/m1/s1. The maximum absolute atomic E-state index is 12.7. The average Bonchev–Trinajstić information content (AvgIpc) is 3.51. The third-order valence-electron chi connectivity index (χ3n) is 5.05. The molecule has 0 unspecified atom stereocenters. The van der Waals surface area contributed by atoms with Gasteiger partial charge in [0, 0.05) is 24.0 Å². The summed E-state index contributed by atoms with van der Waals surface area (Å²) in [7, 11) is -3.83. The van der Waals surface area contributed by atoms with E-state index in [1.165, 1.54) is 24.4 Å². The lowest BCUT2D eigenvalue weighted by molar-refractivity contribution is 0.0948. The molecule has 0 aliphatic heterocycles. The maximum Gasteiger partial charge on any atom is 0.306 e. The number of carbonyl (C=O) groups is 2. The number of hydrogen-bond donors (Lipinski definition) is 4. The topological polar surface area (TPSA) is 165 Å². The molecule has 0 radical (unpaired) electrons. The normalized spacial score (nSPS) is 14.5. The van der Waals surface area contributed by atoms with Crippen LogP contribution in [0.1, 0.15) is 54.3 Å². The third-order valence-corrected chi connectivity index (χ3v) is 5.53. The van der Waals surface area contributed by atoms with Crippen LogP contribution in [-0.2, 0) is 10.1 Å². The van der Waals surface area contributed by atoms with Crippen molar-refractivity contribution in [2.75, 3.05) is 16.9 Å². The molecule has 1 aliphatic rings. The summed E-state index contributed by atoms with van der Waals surface area (Å²) in [6.45, 7) is 6.00.